The summed E-state index contributed by atoms with van der Waals surface area (Å²) in [6.07, 6.45) is 10.4. The topological polar surface area (TPSA) is 84.2 Å². The Morgan fingerprint density at radius 2 is 1.97 bits per heavy atom. The van der Waals surface area contributed by atoms with Gasteiger partial charge >= 0.3 is 0 Å². The molecule has 1 unspecified atom stereocenters. The molecule has 6 heteroatoms. The molecule has 1 aromatic carbocycles. The summed E-state index contributed by atoms with van der Waals surface area (Å²) < 4.78 is 6.01. The molecule has 1 aliphatic carbocycles. The number of hydrogen-bond donors (Lipinski definition) is 2. The van der Waals surface area contributed by atoms with Crippen LogP contribution in [0.3, 0.4) is 0 Å². The molecule has 0 radical (unpaired) electrons. The zero-order valence-corrected chi connectivity index (χ0v) is 17.5. The number of likely N-dealkylation sites (N-methyl/N-ethyl adjacent to an activating group) is 1. The number of nitrogens with one attached hydrogen (secondary N) is 1. The molecule has 2 aromatic heterocycles. The van der Waals surface area contributed by atoms with E-state index in [4.69, 9.17) is 10.5 Å². The van der Waals surface area contributed by atoms with Crippen LogP contribution in [-0.4, -0.2) is 40.4 Å². The first-order valence-corrected chi connectivity index (χ1v) is 10.8. The Hall–Kier alpha value is -2.86. The SMILES string of the molecule is CN(CC1CCCCC1)C(=O)C(N)Cc1ccc(Oc2ccnc3[nH]ccc23)cc1. The number of H-pyrrole nitrogens is 1. The van der Waals surface area contributed by atoms with Gasteiger partial charge in [0.15, 0.2) is 0 Å². The number of amides is 1. The molecule has 0 spiro atoms. The third-order valence-corrected chi connectivity index (χ3v) is 5.98. The molecule has 0 saturated heterocycles. The molecule has 158 valence electrons. The van der Waals surface area contributed by atoms with Crippen molar-refractivity contribution in [1.82, 2.24) is 14.9 Å². The van der Waals surface area contributed by atoms with Crippen LogP contribution in [0.15, 0.2) is 48.8 Å². The molecule has 4 rings (SSSR count). The molecule has 2 heterocycles. The van der Waals surface area contributed by atoms with E-state index in [9.17, 15) is 4.79 Å². The van der Waals surface area contributed by atoms with Crippen LogP contribution >= 0.6 is 0 Å². The largest absolute Gasteiger partial charge is 0.457 e. The van der Waals surface area contributed by atoms with E-state index < -0.39 is 6.04 Å². The first kappa shape index (κ1) is 20.4. The molecule has 1 saturated carbocycles. The van der Waals surface area contributed by atoms with Crippen LogP contribution in [0.1, 0.15) is 37.7 Å². The Kier molecular flexibility index (Phi) is 6.33. The van der Waals surface area contributed by atoms with E-state index in [1.165, 1.54) is 32.1 Å². The van der Waals surface area contributed by atoms with Crippen LogP contribution in [0.25, 0.3) is 11.0 Å². The maximum atomic E-state index is 12.7. The Bertz CT molecular complexity index is 976. The summed E-state index contributed by atoms with van der Waals surface area (Å²) in [5, 5.41) is 0.940. The minimum atomic E-state index is -0.523. The maximum Gasteiger partial charge on any atom is 0.239 e. The van der Waals surface area contributed by atoms with Crippen molar-refractivity contribution in [2.75, 3.05) is 13.6 Å². The monoisotopic (exact) mass is 406 g/mol. The minimum absolute atomic E-state index is 0.0209. The number of pyridine rings is 1. The van der Waals surface area contributed by atoms with Crippen molar-refractivity contribution in [3.63, 3.8) is 0 Å². The van der Waals surface area contributed by atoms with Crippen molar-refractivity contribution < 1.29 is 9.53 Å². The zero-order chi connectivity index (χ0) is 20.9. The molecule has 30 heavy (non-hydrogen) atoms. The summed E-state index contributed by atoms with van der Waals surface area (Å²) >= 11 is 0. The average Bonchev–Trinajstić information content (AvgIpc) is 3.25. The summed E-state index contributed by atoms with van der Waals surface area (Å²) in [7, 11) is 1.88. The Morgan fingerprint density at radius 1 is 1.20 bits per heavy atom. The lowest BCUT2D eigenvalue weighted by atomic mass is 9.89. The molecular formula is C24H30N4O2. The number of aromatic nitrogens is 2. The van der Waals surface area contributed by atoms with Crippen molar-refractivity contribution in [2.24, 2.45) is 11.7 Å². The van der Waals surface area contributed by atoms with Crippen LogP contribution in [-0.2, 0) is 11.2 Å². The second-order valence-corrected chi connectivity index (χ2v) is 8.33. The van der Waals surface area contributed by atoms with Gasteiger partial charge in [0.05, 0.1) is 11.4 Å². The van der Waals surface area contributed by atoms with Gasteiger partial charge in [-0.25, -0.2) is 4.98 Å². The highest BCUT2D eigenvalue weighted by atomic mass is 16.5. The maximum absolute atomic E-state index is 12.7. The van der Waals surface area contributed by atoms with Crippen LogP contribution in [0.5, 0.6) is 11.5 Å². The molecule has 1 aliphatic rings. The lowest BCUT2D eigenvalue weighted by Gasteiger charge is -2.28. The smallest absolute Gasteiger partial charge is 0.239 e. The van der Waals surface area contributed by atoms with E-state index in [0.717, 1.165) is 34.6 Å². The predicted molar refractivity (Wildman–Crippen MR) is 119 cm³/mol. The van der Waals surface area contributed by atoms with Crippen LogP contribution in [0.2, 0.25) is 0 Å². The lowest BCUT2D eigenvalue weighted by Crippen LogP contribution is -2.44. The minimum Gasteiger partial charge on any atom is -0.457 e. The van der Waals surface area contributed by atoms with Gasteiger partial charge in [-0.05, 0) is 55.0 Å². The van der Waals surface area contributed by atoms with Crippen LogP contribution in [0.4, 0.5) is 0 Å². The molecule has 1 fully saturated rings. The molecule has 6 nitrogen and oxygen atoms in total. The number of carbonyl (C=O) groups excluding carboxylic acids is 1. The number of nitrogens with two attached hydrogens (primary N) is 1. The van der Waals surface area contributed by atoms with Crippen molar-refractivity contribution in [3.05, 3.63) is 54.4 Å². The van der Waals surface area contributed by atoms with Crippen molar-refractivity contribution in [3.8, 4) is 11.5 Å². The van der Waals surface area contributed by atoms with E-state index in [-0.39, 0.29) is 5.91 Å². The second kappa shape index (κ2) is 9.30. The quantitative estimate of drug-likeness (QED) is 0.614. The zero-order valence-electron chi connectivity index (χ0n) is 17.5. The highest BCUT2D eigenvalue weighted by molar-refractivity contribution is 5.82. The summed E-state index contributed by atoms with van der Waals surface area (Å²) in [6, 6.07) is 11.0. The van der Waals surface area contributed by atoms with Crippen molar-refractivity contribution >= 4 is 16.9 Å². The van der Waals surface area contributed by atoms with Gasteiger partial charge in [-0.15, -0.1) is 0 Å². The first-order chi connectivity index (χ1) is 14.6. The summed E-state index contributed by atoms with van der Waals surface area (Å²) in [4.78, 5) is 21.9. The standard InChI is InChI=1S/C24H30N4O2/c1-28(16-18-5-3-2-4-6-18)24(29)21(25)15-17-7-9-19(10-8-17)30-22-12-14-27-23-20(22)11-13-26-23/h7-14,18,21H,2-6,15-16,25H2,1H3,(H,26,27). The van der Waals surface area contributed by atoms with Gasteiger partial charge in [0.2, 0.25) is 5.91 Å². The van der Waals surface area contributed by atoms with Gasteiger partial charge in [0.25, 0.3) is 0 Å². The number of hydrogen-bond acceptors (Lipinski definition) is 4. The number of fused-ring (bicyclic) bond motifs is 1. The molecular weight excluding hydrogens is 376 g/mol. The van der Waals surface area contributed by atoms with Crippen LogP contribution < -0.4 is 10.5 Å². The van der Waals surface area contributed by atoms with Gasteiger partial charge in [-0.2, -0.15) is 0 Å². The predicted octanol–water partition coefficient (Wildman–Crippen LogP) is 4.26. The van der Waals surface area contributed by atoms with E-state index in [1.807, 2.05) is 54.5 Å². The number of carbonyl (C=O) groups is 1. The highest BCUT2D eigenvalue weighted by Gasteiger charge is 2.22. The highest BCUT2D eigenvalue weighted by Crippen LogP contribution is 2.28. The van der Waals surface area contributed by atoms with Gasteiger partial charge < -0.3 is 20.4 Å². The molecule has 0 bridgehead atoms. The normalized spacial score (nSPS) is 15.8. The number of benzene rings is 1. The van der Waals surface area contributed by atoms with Gasteiger partial charge in [-0.3, -0.25) is 4.79 Å². The molecule has 0 aliphatic heterocycles. The van der Waals surface area contributed by atoms with E-state index in [1.54, 1.807) is 6.20 Å². The molecule has 1 atom stereocenters. The van der Waals surface area contributed by atoms with E-state index in [2.05, 4.69) is 9.97 Å². The van der Waals surface area contributed by atoms with E-state index >= 15 is 0 Å². The van der Waals surface area contributed by atoms with Gasteiger partial charge in [-0.1, -0.05) is 31.4 Å². The lowest BCUT2D eigenvalue weighted by molar-refractivity contribution is -0.132. The van der Waals surface area contributed by atoms with Gasteiger partial charge in [0.1, 0.15) is 17.1 Å². The Morgan fingerprint density at radius 3 is 2.73 bits per heavy atom. The second-order valence-electron chi connectivity index (χ2n) is 8.33. The summed E-state index contributed by atoms with van der Waals surface area (Å²) in [5.74, 6) is 2.13. The molecule has 3 aromatic rings. The third-order valence-electron chi connectivity index (χ3n) is 5.98. The summed E-state index contributed by atoms with van der Waals surface area (Å²) in [6.45, 7) is 0.818. The molecule has 1 amide bonds. The molecule has 3 N–H and O–H groups in total. The number of rotatable bonds is 7. The Labute approximate surface area is 177 Å². The number of ether oxygens (including phenoxy) is 1. The van der Waals surface area contributed by atoms with Gasteiger partial charge in [0, 0.05) is 26.0 Å². The summed E-state index contributed by atoms with van der Waals surface area (Å²) in [5.41, 5.74) is 8.06. The fraction of sp³-hybridized carbons (Fsp3) is 0.417. The number of nitrogens with zero attached hydrogens (tertiary/aromatic N) is 2. The van der Waals surface area contributed by atoms with Crippen LogP contribution in [0, 0.1) is 5.92 Å². The van der Waals surface area contributed by atoms with Crippen molar-refractivity contribution in [2.45, 2.75) is 44.6 Å². The number of aromatic amines is 1. The van der Waals surface area contributed by atoms with Crippen molar-refractivity contribution in [1.29, 1.82) is 0 Å². The Balaban J connectivity index is 1.33. The fourth-order valence-electron chi connectivity index (χ4n) is 4.32. The average molecular weight is 407 g/mol. The van der Waals surface area contributed by atoms with E-state index in [0.29, 0.717) is 12.3 Å². The fourth-order valence-corrected chi connectivity index (χ4v) is 4.32. The third kappa shape index (κ3) is 4.82. The first-order valence-electron chi connectivity index (χ1n) is 10.8.